The van der Waals surface area contributed by atoms with E-state index in [-0.39, 0.29) is 44.7 Å². The highest BCUT2D eigenvalue weighted by Gasteiger charge is 2.45. The summed E-state index contributed by atoms with van der Waals surface area (Å²) in [6.07, 6.45) is 0. The number of carbonyl (C=O) groups is 2. The SMILES string of the molecule is CCOC(=O)c1sc(N2C(=O)c3oc4ccc(Br)cc4c(=O)c3C2c2ccc(O)cc2)nc1C. The Labute approximate surface area is 205 Å². The number of ether oxygens (including phenoxy) is 1. The Morgan fingerprint density at radius 2 is 1.97 bits per heavy atom. The summed E-state index contributed by atoms with van der Waals surface area (Å²) in [7, 11) is 0. The fraction of sp³-hybridized carbons (Fsp3) is 0.167. The number of nitrogens with zero attached hydrogens (tertiary/aromatic N) is 2. The van der Waals surface area contributed by atoms with Crippen molar-refractivity contribution >= 4 is 55.2 Å². The Bertz CT molecular complexity index is 1530. The smallest absolute Gasteiger partial charge is 0.350 e. The highest BCUT2D eigenvalue weighted by Crippen LogP contribution is 2.43. The average molecular weight is 541 g/mol. The number of aromatic nitrogens is 1. The van der Waals surface area contributed by atoms with E-state index < -0.39 is 17.9 Å². The maximum Gasteiger partial charge on any atom is 0.350 e. The fourth-order valence-electron chi connectivity index (χ4n) is 3.99. The van der Waals surface area contributed by atoms with Crippen LogP contribution in [-0.2, 0) is 4.74 Å². The van der Waals surface area contributed by atoms with Gasteiger partial charge in [0.2, 0.25) is 5.76 Å². The Hall–Kier alpha value is -3.50. The molecule has 1 atom stereocenters. The first kappa shape index (κ1) is 22.3. The number of amides is 1. The molecule has 1 aliphatic heterocycles. The molecule has 0 spiro atoms. The van der Waals surface area contributed by atoms with E-state index in [4.69, 9.17) is 9.15 Å². The first-order valence-electron chi connectivity index (χ1n) is 10.3. The van der Waals surface area contributed by atoms with E-state index in [1.54, 1.807) is 44.2 Å². The number of aromatic hydroxyl groups is 1. The molecule has 8 nitrogen and oxygen atoms in total. The molecule has 5 rings (SSSR count). The zero-order valence-corrected chi connectivity index (χ0v) is 20.4. The third kappa shape index (κ3) is 3.50. The number of carbonyl (C=O) groups excluding carboxylic acids is 2. The number of halogens is 1. The minimum absolute atomic E-state index is 0.0454. The number of aryl methyl sites for hydroxylation is 1. The van der Waals surface area contributed by atoms with Crippen molar-refractivity contribution in [2.24, 2.45) is 0 Å². The lowest BCUT2D eigenvalue weighted by Gasteiger charge is -2.22. The van der Waals surface area contributed by atoms with E-state index in [0.29, 0.717) is 21.1 Å². The van der Waals surface area contributed by atoms with Crippen LogP contribution in [0.15, 0.2) is 56.1 Å². The van der Waals surface area contributed by atoms with Gasteiger partial charge in [-0.05, 0) is 49.7 Å². The van der Waals surface area contributed by atoms with Gasteiger partial charge >= 0.3 is 5.97 Å². The van der Waals surface area contributed by atoms with E-state index in [1.165, 1.54) is 17.0 Å². The molecule has 172 valence electrons. The van der Waals surface area contributed by atoms with Crippen LogP contribution in [0.5, 0.6) is 5.75 Å². The number of esters is 1. The lowest BCUT2D eigenvalue weighted by Crippen LogP contribution is -2.29. The summed E-state index contributed by atoms with van der Waals surface area (Å²) in [5.41, 5.74) is 1.11. The molecule has 2 aromatic heterocycles. The average Bonchev–Trinajstić information content (AvgIpc) is 3.33. The van der Waals surface area contributed by atoms with Crippen molar-refractivity contribution in [1.82, 2.24) is 4.98 Å². The molecule has 1 unspecified atom stereocenters. The van der Waals surface area contributed by atoms with Gasteiger partial charge in [-0.2, -0.15) is 0 Å². The molecular weight excluding hydrogens is 524 g/mol. The zero-order chi connectivity index (χ0) is 24.1. The van der Waals surface area contributed by atoms with Crippen molar-refractivity contribution in [3.05, 3.63) is 84.6 Å². The van der Waals surface area contributed by atoms with Crippen molar-refractivity contribution in [3.63, 3.8) is 0 Å². The van der Waals surface area contributed by atoms with Gasteiger partial charge in [-0.15, -0.1) is 0 Å². The number of rotatable bonds is 4. The van der Waals surface area contributed by atoms with Crippen molar-refractivity contribution in [1.29, 1.82) is 0 Å². The van der Waals surface area contributed by atoms with Gasteiger partial charge in [-0.1, -0.05) is 39.4 Å². The Kier molecular flexibility index (Phi) is 5.49. The predicted octanol–water partition coefficient (Wildman–Crippen LogP) is 4.95. The molecule has 3 heterocycles. The van der Waals surface area contributed by atoms with Gasteiger partial charge in [0.15, 0.2) is 10.6 Å². The maximum absolute atomic E-state index is 13.6. The Balaban J connectivity index is 1.75. The van der Waals surface area contributed by atoms with Gasteiger partial charge in [0, 0.05) is 4.47 Å². The van der Waals surface area contributed by atoms with Crippen molar-refractivity contribution < 1.29 is 23.8 Å². The van der Waals surface area contributed by atoms with Gasteiger partial charge in [0.25, 0.3) is 5.91 Å². The number of thiazole rings is 1. The summed E-state index contributed by atoms with van der Waals surface area (Å²) >= 11 is 4.39. The third-order valence-corrected chi connectivity index (χ3v) is 7.12. The third-order valence-electron chi connectivity index (χ3n) is 5.49. The largest absolute Gasteiger partial charge is 0.508 e. The number of phenols is 1. The van der Waals surface area contributed by atoms with Crippen LogP contribution in [-0.4, -0.2) is 28.6 Å². The van der Waals surface area contributed by atoms with Crippen LogP contribution >= 0.6 is 27.3 Å². The topological polar surface area (TPSA) is 110 Å². The van der Waals surface area contributed by atoms with Crippen LogP contribution in [0.1, 0.15) is 50.0 Å². The van der Waals surface area contributed by atoms with Crippen LogP contribution < -0.4 is 10.3 Å². The molecular formula is C24H17BrN2O6S. The molecule has 0 fully saturated rings. The number of anilines is 1. The zero-order valence-electron chi connectivity index (χ0n) is 18.0. The first-order chi connectivity index (χ1) is 16.3. The molecule has 10 heteroatoms. The van der Waals surface area contributed by atoms with E-state index in [9.17, 15) is 19.5 Å². The van der Waals surface area contributed by atoms with Gasteiger partial charge < -0.3 is 14.3 Å². The number of hydrogen-bond donors (Lipinski definition) is 1. The molecule has 34 heavy (non-hydrogen) atoms. The number of fused-ring (bicyclic) bond motifs is 2. The van der Waals surface area contributed by atoms with Crippen LogP contribution in [0.4, 0.5) is 5.13 Å². The molecule has 2 aromatic carbocycles. The summed E-state index contributed by atoms with van der Waals surface area (Å²) < 4.78 is 11.7. The Morgan fingerprint density at radius 3 is 2.68 bits per heavy atom. The van der Waals surface area contributed by atoms with Crippen molar-refractivity contribution in [2.45, 2.75) is 19.9 Å². The standard InChI is InChI=1S/C24H17BrN2O6S/c1-3-32-23(31)21-11(2)26-24(34-21)27-18(12-4-7-14(28)8-5-12)17-19(29)15-10-13(25)6-9-16(15)33-20(17)22(27)30/h4-10,18,28H,3H2,1-2H3. The molecule has 0 saturated heterocycles. The predicted molar refractivity (Wildman–Crippen MR) is 130 cm³/mol. The second kappa shape index (κ2) is 8.37. The van der Waals surface area contributed by atoms with E-state index >= 15 is 0 Å². The van der Waals surface area contributed by atoms with Crippen molar-refractivity contribution in [3.8, 4) is 5.75 Å². The van der Waals surface area contributed by atoms with Crippen LogP contribution in [0.2, 0.25) is 0 Å². The van der Waals surface area contributed by atoms with Gasteiger partial charge in [-0.3, -0.25) is 14.5 Å². The summed E-state index contributed by atoms with van der Waals surface area (Å²) in [6.45, 7) is 3.57. The molecule has 0 aliphatic carbocycles. The molecule has 0 bridgehead atoms. The molecule has 0 saturated carbocycles. The lowest BCUT2D eigenvalue weighted by atomic mass is 9.98. The van der Waals surface area contributed by atoms with Crippen LogP contribution in [0, 0.1) is 6.92 Å². The highest BCUT2D eigenvalue weighted by atomic mass is 79.9. The lowest BCUT2D eigenvalue weighted by molar-refractivity contribution is 0.0531. The summed E-state index contributed by atoms with van der Waals surface area (Å²) in [6, 6.07) is 10.4. The van der Waals surface area contributed by atoms with E-state index in [0.717, 1.165) is 11.3 Å². The molecule has 1 N–H and O–H groups in total. The van der Waals surface area contributed by atoms with Gasteiger partial charge in [-0.25, -0.2) is 9.78 Å². The summed E-state index contributed by atoms with van der Waals surface area (Å²) in [5, 5.41) is 10.3. The second-order valence-electron chi connectivity index (χ2n) is 7.62. The monoisotopic (exact) mass is 540 g/mol. The molecule has 4 aromatic rings. The molecule has 1 aliphatic rings. The first-order valence-corrected chi connectivity index (χ1v) is 11.9. The molecule has 1 amide bonds. The number of phenolic OH excluding ortho intramolecular Hbond substituents is 1. The molecule has 0 radical (unpaired) electrons. The van der Waals surface area contributed by atoms with Crippen LogP contribution in [0.25, 0.3) is 11.0 Å². The summed E-state index contributed by atoms with van der Waals surface area (Å²) in [4.78, 5) is 45.7. The maximum atomic E-state index is 13.6. The van der Waals surface area contributed by atoms with Gasteiger partial charge in [0.05, 0.1) is 29.3 Å². The Morgan fingerprint density at radius 1 is 1.24 bits per heavy atom. The quantitative estimate of drug-likeness (QED) is 0.364. The van der Waals surface area contributed by atoms with Gasteiger partial charge in [0.1, 0.15) is 16.2 Å². The van der Waals surface area contributed by atoms with E-state index in [1.807, 2.05) is 0 Å². The fourth-order valence-corrected chi connectivity index (χ4v) is 5.33. The minimum Gasteiger partial charge on any atom is -0.508 e. The highest BCUT2D eigenvalue weighted by molar-refractivity contribution is 9.10. The normalized spacial score (nSPS) is 15.1. The second-order valence-corrected chi connectivity index (χ2v) is 9.51. The van der Waals surface area contributed by atoms with Crippen LogP contribution in [0.3, 0.4) is 0 Å². The van der Waals surface area contributed by atoms with Crippen molar-refractivity contribution in [2.75, 3.05) is 11.5 Å². The minimum atomic E-state index is -0.858. The van der Waals surface area contributed by atoms with E-state index in [2.05, 4.69) is 20.9 Å². The number of hydrogen-bond acceptors (Lipinski definition) is 8. The summed E-state index contributed by atoms with van der Waals surface area (Å²) in [5.74, 6) is -1.11. The number of benzene rings is 2.